The molecule has 0 saturated carbocycles. The zero-order chi connectivity index (χ0) is 27.7. The van der Waals surface area contributed by atoms with E-state index < -0.39 is 20.2 Å². The molecule has 0 bridgehead atoms. The highest BCUT2D eigenvalue weighted by atomic mass is 32.2. The third-order valence-corrected chi connectivity index (χ3v) is 6.95. The number of benzene rings is 2. The first-order valence-corrected chi connectivity index (χ1v) is 13.3. The van der Waals surface area contributed by atoms with E-state index in [0.29, 0.717) is 22.8 Å². The molecule has 196 valence electrons. The maximum absolute atomic E-state index is 11.3. The Balaban J connectivity index is 1.60. The summed E-state index contributed by atoms with van der Waals surface area (Å²) in [4.78, 5) is 3.93. The van der Waals surface area contributed by atoms with Crippen LogP contribution in [0.4, 0.5) is 11.4 Å². The number of hydrazine groups is 3. The van der Waals surface area contributed by atoms with E-state index in [1.165, 1.54) is 71.9 Å². The Kier molecular flexibility index (Phi) is 7.06. The van der Waals surface area contributed by atoms with Crippen LogP contribution in [-0.4, -0.2) is 30.9 Å². The van der Waals surface area contributed by atoms with Crippen molar-refractivity contribution in [3.63, 3.8) is 0 Å². The summed E-state index contributed by atoms with van der Waals surface area (Å²) >= 11 is 0. The molecule has 0 unspecified atom stereocenters. The van der Waals surface area contributed by atoms with Crippen LogP contribution in [0.5, 0.6) is 0 Å². The minimum absolute atomic E-state index is 0.0916. The van der Waals surface area contributed by atoms with E-state index in [4.69, 9.17) is 20.7 Å². The molecule has 38 heavy (non-hydrogen) atoms. The Morgan fingerprint density at radius 1 is 1.00 bits per heavy atom. The zero-order valence-corrected chi connectivity index (χ0v) is 20.8. The van der Waals surface area contributed by atoms with Gasteiger partial charge in [-0.2, -0.15) is 22.1 Å². The lowest BCUT2D eigenvalue weighted by Crippen LogP contribution is -2.36. The van der Waals surface area contributed by atoms with Crippen LogP contribution < -0.4 is 32.6 Å². The van der Waals surface area contributed by atoms with Gasteiger partial charge in [-0.15, -0.1) is 5.53 Å². The van der Waals surface area contributed by atoms with E-state index >= 15 is 0 Å². The predicted molar refractivity (Wildman–Crippen MR) is 137 cm³/mol. The summed E-state index contributed by atoms with van der Waals surface area (Å²) in [6, 6.07) is 15.5. The second kappa shape index (κ2) is 10.1. The van der Waals surface area contributed by atoms with Crippen LogP contribution in [0.2, 0.25) is 0 Å². The quantitative estimate of drug-likeness (QED) is 0.135. The number of hydrogen-bond donors (Lipinski definition) is 6. The number of nitrogens with one attached hydrogen (secondary N) is 2. The van der Waals surface area contributed by atoms with Gasteiger partial charge in [0.15, 0.2) is 0 Å². The van der Waals surface area contributed by atoms with Gasteiger partial charge in [0, 0.05) is 6.20 Å². The van der Waals surface area contributed by atoms with Crippen molar-refractivity contribution in [2.24, 2.45) is 11.6 Å². The highest BCUT2D eigenvalue weighted by molar-refractivity contribution is 7.86. The van der Waals surface area contributed by atoms with Gasteiger partial charge in [-0.3, -0.25) is 24.5 Å². The van der Waals surface area contributed by atoms with Gasteiger partial charge in [-0.25, -0.2) is 10.8 Å². The average molecular weight is 557 g/mol. The number of anilines is 2. The van der Waals surface area contributed by atoms with E-state index in [0.717, 1.165) is 5.01 Å². The van der Waals surface area contributed by atoms with Crippen LogP contribution in [0.1, 0.15) is 17.0 Å². The smallest absolute Gasteiger partial charge is 0.294 e. The van der Waals surface area contributed by atoms with Crippen molar-refractivity contribution in [1.29, 1.82) is 5.26 Å². The summed E-state index contributed by atoms with van der Waals surface area (Å²) in [5, 5.41) is 12.2. The number of hydrogen-bond acceptors (Lipinski definition) is 12. The zero-order valence-electron chi connectivity index (χ0n) is 19.2. The highest BCUT2D eigenvalue weighted by Gasteiger charge is 2.18. The van der Waals surface area contributed by atoms with Gasteiger partial charge in [-0.1, -0.05) is 0 Å². The lowest BCUT2D eigenvalue weighted by atomic mass is 10.1. The Bertz CT molecular complexity index is 1700. The van der Waals surface area contributed by atoms with Crippen molar-refractivity contribution in [1.82, 2.24) is 15.9 Å². The highest BCUT2D eigenvalue weighted by Crippen LogP contribution is 2.24. The van der Waals surface area contributed by atoms with Crippen molar-refractivity contribution in [3.05, 3.63) is 90.0 Å². The van der Waals surface area contributed by atoms with Crippen molar-refractivity contribution in [3.8, 4) is 6.07 Å². The monoisotopic (exact) mass is 556 g/mol. The van der Waals surface area contributed by atoms with Gasteiger partial charge in [0.2, 0.25) is 0 Å². The summed E-state index contributed by atoms with van der Waals surface area (Å²) in [6.07, 6.45) is 2.94. The second-order valence-electron chi connectivity index (χ2n) is 7.82. The van der Waals surface area contributed by atoms with Gasteiger partial charge in [0.1, 0.15) is 0 Å². The number of rotatable bonds is 7. The average Bonchev–Trinajstić information content (AvgIpc) is 3.38. The number of nitrogens with zero attached hydrogens (tertiary/aromatic N) is 4. The van der Waals surface area contributed by atoms with Crippen LogP contribution >= 0.6 is 0 Å². The molecule has 0 saturated heterocycles. The predicted octanol–water partition coefficient (Wildman–Crippen LogP) is 0.912. The van der Waals surface area contributed by atoms with Crippen LogP contribution in [0.15, 0.2) is 82.9 Å². The Morgan fingerprint density at radius 2 is 1.58 bits per heavy atom. The molecule has 1 aliphatic rings. The molecule has 1 aromatic heterocycles. The first-order valence-electron chi connectivity index (χ1n) is 10.5. The first kappa shape index (κ1) is 26.6. The van der Waals surface area contributed by atoms with Crippen molar-refractivity contribution in [2.45, 2.75) is 9.79 Å². The number of nitriles is 1. The molecule has 4 rings (SSSR count). The lowest BCUT2D eigenvalue weighted by Gasteiger charge is -2.16. The van der Waals surface area contributed by atoms with Gasteiger partial charge >= 0.3 is 0 Å². The lowest BCUT2D eigenvalue weighted by molar-refractivity contribution is 0.481. The Labute approximate surface area is 217 Å². The summed E-state index contributed by atoms with van der Waals surface area (Å²) in [7, 11) is -8.68. The fourth-order valence-electron chi connectivity index (χ4n) is 3.32. The summed E-state index contributed by atoms with van der Waals surface area (Å²) in [5.74, 6) is 6.02. The molecule has 16 heteroatoms. The molecule has 0 amide bonds. The SMILES string of the molecule is N#Cc1cc(C2=CN(c3ccc(S(=O)(=O)O)cc3)NN2)nc(/C(N)=C/N(N)c2ccc(S(=O)(=O)O)cc2)c1. The van der Waals surface area contributed by atoms with Crippen LogP contribution in [0.25, 0.3) is 11.4 Å². The van der Waals surface area contributed by atoms with Gasteiger partial charge in [-0.05, 0) is 60.7 Å². The molecule has 0 atom stereocenters. The van der Waals surface area contributed by atoms with Crippen LogP contribution in [0, 0.1) is 11.3 Å². The van der Waals surface area contributed by atoms with Crippen molar-refractivity contribution < 1.29 is 25.9 Å². The maximum atomic E-state index is 11.3. The van der Waals surface area contributed by atoms with Crippen molar-refractivity contribution >= 4 is 43.0 Å². The molecule has 2 heterocycles. The van der Waals surface area contributed by atoms with E-state index in [9.17, 15) is 22.1 Å². The third kappa shape index (κ3) is 5.90. The molecule has 0 spiro atoms. The summed E-state index contributed by atoms with van der Waals surface area (Å²) in [6.45, 7) is 0. The van der Waals surface area contributed by atoms with Gasteiger partial charge < -0.3 is 5.73 Å². The summed E-state index contributed by atoms with van der Waals surface area (Å²) < 4.78 is 63.2. The molecule has 8 N–H and O–H groups in total. The van der Waals surface area contributed by atoms with Gasteiger partial charge in [0.05, 0.1) is 61.8 Å². The molecule has 0 fully saturated rings. The van der Waals surface area contributed by atoms with Crippen LogP contribution in [-0.2, 0) is 20.2 Å². The van der Waals surface area contributed by atoms with E-state index in [2.05, 4.69) is 15.9 Å². The molecule has 1 aliphatic heterocycles. The molecular formula is C22H20N8O6S2. The first-order chi connectivity index (χ1) is 17.8. The minimum Gasteiger partial charge on any atom is -0.396 e. The topological polar surface area (TPSA) is 228 Å². The molecule has 0 radical (unpaired) electrons. The van der Waals surface area contributed by atoms with E-state index in [1.54, 1.807) is 6.20 Å². The normalized spacial score (nSPS) is 14.0. The van der Waals surface area contributed by atoms with Crippen molar-refractivity contribution in [2.75, 3.05) is 10.0 Å². The maximum Gasteiger partial charge on any atom is 0.294 e. The number of nitrogens with two attached hydrogens (primary N) is 2. The Morgan fingerprint density at radius 3 is 2.13 bits per heavy atom. The molecule has 0 aliphatic carbocycles. The molecule has 2 aromatic carbocycles. The standard InChI is InChI=1S/C22H20N8O6S2/c23-11-14-9-20(19(24)12-29(25)15-1-5-17(6-2-15)37(31,32)33)26-21(10-14)22-13-30(28-27-22)16-3-7-18(8-4-16)38(34,35)36/h1-10,12-13,27-28H,24-25H2,(H,31,32,33)(H,34,35,36)/b19-12-. The minimum atomic E-state index is -4.36. The van der Waals surface area contributed by atoms with Gasteiger partial charge in [0.25, 0.3) is 20.2 Å². The fraction of sp³-hybridized carbons (Fsp3) is 0. The summed E-state index contributed by atoms with van der Waals surface area (Å²) in [5.41, 5.74) is 14.2. The molecular weight excluding hydrogens is 536 g/mol. The molecule has 3 aromatic rings. The third-order valence-electron chi connectivity index (χ3n) is 5.22. The van der Waals surface area contributed by atoms with E-state index in [1.807, 2.05) is 6.07 Å². The van der Waals surface area contributed by atoms with Crippen LogP contribution in [0.3, 0.4) is 0 Å². The largest absolute Gasteiger partial charge is 0.396 e. The fourth-order valence-corrected chi connectivity index (χ4v) is 4.28. The number of aromatic nitrogens is 1. The number of pyridine rings is 1. The van der Waals surface area contributed by atoms with E-state index in [-0.39, 0.29) is 26.7 Å². The molecule has 14 nitrogen and oxygen atoms in total. The second-order valence-corrected chi connectivity index (χ2v) is 10.7. The Hall–Kier alpha value is -4.50.